The molecule has 0 spiro atoms. The Labute approximate surface area is 120 Å². The maximum Gasteiger partial charge on any atom is 0.207 e. The lowest BCUT2D eigenvalue weighted by molar-refractivity contribution is 0.623. The molecule has 0 atom stereocenters. The van der Waals surface area contributed by atoms with Gasteiger partial charge in [0.15, 0.2) is 5.65 Å². The summed E-state index contributed by atoms with van der Waals surface area (Å²) >= 11 is 0. The van der Waals surface area contributed by atoms with Gasteiger partial charge in [-0.25, -0.2) is 14.1 Å². The van der Waals surface area contributed by atoms with Crippen LogP contribution >= 0.6 is 0 Å². The molecule has 0 unspecified atom stereocenters. The summed E-state index contributed by atoms with van der Waals surface area (Å²) in [7, 11) is 1.80. The third-order valence-electron chi connectivity index (χ3n) is 3.39. The molecule has 21 heavy (non-hydrogen) atoms. The maximum absolute atomic E-state index is 13.5. The Balaban J connectivity index is 2.33. The Kier molecular flexibility index (Phi) is 2.87. The topological polar surface area (TPSA) is 85.5 Å². The number of halogens is 1. The van der Waals surface area contributed by atoms with E-state index in [0.717, 1.165) is 23.3 Å². The van der Waals surface area contributed by atoms with Crippen LogP contribution < -0.4 is 5.73 Å². The molecule has 2 aromatic heterocycles. The van der Waals surface area contributed by atoms with Crippen molar-refractivity contribution in [3.63, 3.8) is 0 Å². The molecule has 0 saturated heterocycles. The average Bonchev–Trinajstić information content (AvgIpc) is 2.96. The van der Waals surface area contributed by atoms with E-state index in [1.165, 1.54) is 12.1 Å². The van der Waals surface area contributed by atoms with Gasteiger partial charge in [0.05, 0.1) is 16.9 Å². The highest BCUT2D eigenvalue weighted by Crippen LogP contribution is 2.26. The standard InChI is InChI=1S/C14H13FN6/c1-3-11-12-13(20(2)19-11)21(14(17)18-12)9-4-5-10(15)8(6-9)7-16/h4-6H,3H2,1-2H3,(H2,17,18). The first-order valence-electron chi connectivity index (χ1n) is 6.46. The van der Waals surface area contributed by atoms with Crippen LogP contribution in [0.1, 0.15) is 18.2 Å². The molecule has 3 rings (SSSR count). The molecule has 0 aliphatic carbocycles. The minimum atomic E-state index is -0.560. The fourth-order valence-corrected chi connectivity index (χ4v) is 2.43. The van der Waals surface area contributed by atoms with Crippen LogP contribution in [0.5, 0.6) is 0 Å². The van der Waals surface area contributed by atoms with Crippen LogP contribution in [0, 0.1) is 17.1 Å². The van der Waals surface area contributed by atoms with Crippen molar-refractivity contribution in [3.8, 4) is 11.8 Å². The number of nitriles is 1. The van der Waals surface area contributed by atoms with Gasteiger partial charge in [0.2, 0.25) is 5.95 Å². The van der Waals surface area contributed by atoms with Crippen LogP contribution in [-0.2, 0) is 13.5 Å². The van der Waals surface area contributed by atoms with E-state index in [1.54, 1.807) is 22.4 Å². The molecule has 106 valence electrons. The van der Waals surface area contributed by atoms with Crippen molar-refractivity contribution in [3.05, 3.63) is 35.3 Å². The fraction of sp³-hybridized carbons (Fsp3) is 0.214. The molecule has 3 aromatic rings. The molecule has 7 heteroatoms. The highest BCUT2D eigenvalue weighted by Gasteiger charge is 2.18. The molecular weight excluding hydrogens is 271 g/mol. The van der Waals surface area contributed by atoms with Crippen molar-refractivity contribution >= 4 is 17.1 Å². The van der Waals surface area contributed by atoms with Gasteiger partial charge in [-0.1, -0.05) is 6.92 Å². The second-order valence-electron chi connectivity index (χ2n) is 4.68. The van der Waals surface area contributed by atoms with Crippen LogP contribution in [0.4, 0.5) is 10.3 Å². The Morgan fingerprint density at radius 2 is 2.19 bits per heavy atom. The lowest BCUT2D eigenvalue weighted by atomic mass is 10.2. The number of hydrogen-bond acceptors (Lipinski definition) is 4. The van der Waals surface area contributed by atoms with Crippen molar-refractivity contribution in [2.75, 3.05) is 5.73 Å². The number of benzene rings is 1. The minimum absolute atomic E-state index is 0.0355. The van der Waals surface area contributed by atoms with Crippen LogP contribution in [0.15, 0.2) is 18.2 Å². The van der Waals surface area contributed by atoms with E-state index >= 15 is 0 Å². The molecule has 0 aliphatic rings. The second kappa shape index (κ2) is 4.59. The first-order chi connectivity index (χ1) is 10.1. The largest absolute Gasteiger partial charge is 0.369 e. The van der Waals surface area contributed by atoms with Gasteiger partial charge in [0.25, 0.3) is 0 Å². The van der Waals surface area contributed by atoms with Crippen molar-refractivity contribution in [2.24, 2.45) is 7.05 Å². The normalized spacial score (nSPS) is 11.0. The number of nitrogens with zero attached hydrogens (tertiary/aromatic N) is 5. The van der Waals surface area contributed by atoms with Crippen LogP contribution in [0.2, 0.25) is 0 Å². The average molecular weight is 284 g/mol. The molecule has 2 heterocycles. The summed E-state index contributed by atoms with van der Waals surface area (Å²) in [6.45, 7) is 1.99. The molecule has 0 radical (unpaired) electrons. The van der Waals surface area contributed by atoms with Gasteiger partial charge in [-0.2, -0.15) is 10.4 Å². The molecule has 2 N–H and O–H groups in total. The van der Waals surface area contributed by atoms with Gasteiger partial charge in [0, 0.05) is 7.05 Å². The van der Waals surface area contributed by atoms with E-state index in [9.17, 15) is 4.39 Å². The quantitative estimate of drug-likeness (QED) is 0.779. The van der Waals surface area contributed by atoms with E-state index in [0.29, 0.717) is 5.69 Å². The smallest absolute Gasteiger partial charge is 0.207 e. The predicted molar refractivity (Wildman–Crippen MR) is 76.3 cm³/mol. The molecule has 0 fully saturated rings. The SMILES string of the molecule is CCc1nn(C)c2c1nc(N)n2-c1ccc(F)c(C#N)c1. The van der Waals surface area contributed by atoms with Gasteiger partial charge in [-0.15, -0.1) is 0 Å². The van der Waals surface area contributed by atoms with Crippen LogP contribution in [0.25, 0.3) is 16.9 Å². The van der Waals surface area contributed by atoms with Crippen molar-refractivity contribution < 1.29 is 4.39 Å². The summed E-state index contributed by atoms with van der Waals surface area (Å²) in [5.74, 6) is -0.279. The van der Waals surface area contributed by atoms with Crippen molar-refractivity contribution in [1.82, 2.24) is 19.3 Å². The number of imidazole rings is 1. The van der Waals surface area contributed by atoms with Gasteiger partial charge in [-0.3, -0.25) is 4.57 Å². The Hall–Kier alpha value is -2.88. The van der Waals surface area contributed by atoms with Crippen molar-refractivity contribution in [2.45, 2.75) is 13.3 Å². The Morgan fingerprint density at radius 3 is 2.86 bits per heavy atom. The zero-order chi connectivity index (χ0) is 15.1. The molecule has 0 amide bonds. The number of hydrogen-bond donors (Lipinski definition) is 1. The maximum atomic E-state index is 13.5. The second-order valence-corrected chi connectivity index (χ2v) is 4.68. The first-order valence-corrected chi connectivity index (χ1v) is 6.46. The number of nitrogen functional groups attached to an aromatic ring is 1. The minimum Gasteiger partial charge on any atom is -0.369 e. The highest BCUT2D eigenvalue weighted by molar-refractivity contribution is 5.80. The lowest BCUT2D eigenvalue weighted by Gasteiger charge is -2.07. The monoisotopic (exact) mass is 284 g/mol. The molecule has 0 aliphatic heterocycles. The van der Waals surface area contributed by atoms with Gasteiger partial charge < -0.3 is 5.73 Å². The lowest BCUT2D eigenvalue weighted by Crippen LogP contribution is -2.05. The third kappa shape index (κ3) is 1.84. The predicted octanol–water partition coefficient (Wildman–Crippen LogP) is 1.91. The summed E-state index contributed by atoms with van der Waals surface area (Å²) in [4.78, 5) is 4.34. The van der Waals surface area contributed by atoms with E-state index in [1.807, 2.05) is 13.0 Å². The van der Waals surface area contributed by atoms with Gasteiger partial charge >= 0.3 is 0 Å². The number of nitrogens with two attached hydrogens (primary N) is 1. The molecule has 0 saturated carbocycles. The number of aryl methyl sites for hydroxylation is 2. The summed E-state index contributed by atoms with van der Waals surface area (Å²) < 4.78 is 16.8. The zero-order valence-corrected chi connectivity index (χ0v) is 11.6. The van der Waals surface area contributed by atoms with E-state index in [4.69, 9.17) is 11.0 Å². The Bertz CT molecular complexity index is 883. The van der Waals surface area contributed by atoms with E-state index < -0.39 is 5.82 Å². The van der Waals surface area contributed by atoms with Gasteiger partial charge in [0.1, 0.15) is 17.4 Å². The highest BCUT2D eigenvalue weighted by atomic mass is 19.1. The summed E-state index contributed by atoms with van der Waals surface area (Å²) in [6, 6.07) is 6.08. The van der Waals surface area contributed by atoms with E-state index in [2.05, 4.69) is 10.1 Å². The number of fused-ring (bicyclic) bond motifs is 1. The van der Waals surface area contributed by atoms with Crippen LogP contribution in [-0.4, -0.2) is 19.3 Å². The third-order valence-corrected chi connectivity index (χ3v) is 3.39. The summed E-state index contributed by atoms with van der Waals surface area (Å²) in [5.41, 5.74) is 8.82. The van der Waals surface area contributed by atoms with E-state index in [-0.39, 0.29) is 11.5 Å². The van der Waals surface area contributed by atoms with Crippen LogP contribution in [0.3, 0.4) is 0 Å². The van der Waals surface area contributed by atoms with Crippen molar-refractivity contribution in [1.29, 1.82) is 5.26 Å². The molecular formula is C14H13FN6. The van der Waals surface area contributed by atoms with Gasteiger partial charge in [-0.05, 0) is 24.6 Å². The summed E-state index contributed by atoms with van der Waals surface area (Å²) in [5, 5.41) is 13.4. The summed E-state index contributed by atoms with van der Waals surface area (Å²) in [6.07, 6.45) is 0.737. The number of aromatic nitrogens is 4. The number of rotatable bonds is 2. The molecule has 1 aromatic carbocycles. The first kappa shape index (κ1) is 13.1. The molecule has 0 bridgehead atoms. The number of anilines is 1. The molecule has 6 nitrogen and oxygen atoms in total. The Morgan fingerprint density at radius 1 is 1.43 bits per heavy atom. The fourth-order valence-electron chi connectivity index (χ4n) is 2.43. The zero-order valence-electron chi connectivity index (χ0n) is 11.6.